The molecule has 0 saturated carbocycles. The number of benzene rings is 1. The van der Waals surface area contributed by atoms with Crippen LogP contribution in [0.1, 0.15) is 42.6 Å². The summed E-state index contributed by atoms with van der Waals surface area (Å²) in [6.45, 7) is 4.77. The maximum absolute atomic E-state index is 6.23. The molecule has 2 rings (SSSR count). The van der Waals surface area contributed by atoms with Gasteiger partial charge in [-0.05, 0) is 29.7 Å². The van der Waals surface area contributed by atoms with Crippen LogP contribution in [0.4, 0.5) is 0 Å². The molecule has 1 atom stereocenters. The fourth-order valence-electron chi connectivity index (χ4n) is 2.44. The van der Waals surface area contributed by atoms with Gasteiger partial charge in [0.05, 0.1) is 17.8 Å². The third-order valence-electron chi connectivity index (χ3n) is 3.70. The van der Waals surface area contributed by atoms with Crippen molar-refractivity contribution in [1.82, 2.24) is 9.78 Å². The van der Waals surface area contributed by atoms with Crippen LogP contribution >= 0.6 is 11.6 Å². The smallest absolute Gasteiger partial charge is 0.137 e. The van der Waals surface area contributed by atoms with Crippen molar-refractivity contribution in [3.63, 3.8) is 0 Å². The number of hydrogen-bond acceptors (Lipinski definition) is 3. The van der Waals surface area contributed by atoms with E-state index in [-0.39, 0.29) is 5.92 Å². The number of nitrogens with zero attached hydrogens (tertiary/aromatic N) is 2. The molecule has 1 unspecified atom stereocenters. The van der Waals surface area contributed by atoms with E-state index in [1.54, 1.807) is 7.11 Å². The average molecular weight is 308 g/mol. The van der Waals surface area contributed by atoms with Crippen LogP contribution < -0.4 is 10.5 Å². The van der Waals surface area contributed by atoms with Crippen LogP contribution in [0.5, 0.6) is 5.75 Å². The van der Waals surface area contributed by atoms with E-state index in [2.05, 4.69) is 25.0 Å². The molecule has 0 fully saturated rings. The van der Waals surface area contributed by atoms with E-state index in [0.29, 0.717) is 23.2 Å². The van der Waals surface area contributed by atoms with E-state index in [1.165, 1.54) is 0 Å². The van der Waals surface area contributed by atoms with Gasteiger partial charge in [-0.1, -0.05) is 31.5 Å². The third-order valence-corrected chi connectivity index (χ3v) is 3.99. The van der Waals surface area contributed by atoms with Crippen molar-refractivity contribution < 1.29 is 4.74 Å². The standard InChI is InChI=1S/C16H22ClN3O/c1-10(2)14-8-15(20(3)19-14)12(9-18)11-5-6-16(21-4)13(17)7-11/h5-8,10,12H,9,18H2,1-4H3. The lowest BCUT2D eigenvalue weighted by Crippen LogP contribution is -2.17. The van der Waals surface area contributed by atoms with Gasteiger partial charge in [-0.3, -0.25) is 4.68 Å². The summed E-state index contributed by atoms with van der Waals surface area (Å²) in [5, 5.41) is 5.16. The highest BCUT2D eigenvalue weighted by atomic mass is 35.5. The minimum Gasteiger partial charge on any atom is -0.495 e. The van der Waals surface area contributed by atoms with Crippen molar-refractivity contribution >= 4 is 11.6 Å². The molecular weight excluding hydrogens is 286 g/mol. The lowest BCUT2D eigenvalue weighted by atomic mass is 9.94. The summed E-state index contributed by atoms with van der Waals surface area (Å²) < 4.78 is 7.11. The number of rotatable bonds is 5. The molecule has 5 heteroatoms. The van der Waals surface area contributed by atoms with E-state index in [4.69, 9.17) is 22.1 Å². The summed E-state index contributed by atoms with van der Waals surface area (Å²) in [6, 6.07) is 7.92. The van der Waals surface area contributed by atoms with Crippen LogP contribution in [-0.2, 0) is 7.05 Å². The SMILES string of the molecule is COc1ccc(C(CN)c2cc(C(C)C)nn2C)cc1Cl. The van der Waals surface area contributed by atoms with Gasteiger partial charge in [-0.2, -0.15) is 5.10 Å². The number of aryl methyl sites for hydroxylation is 1. The third kappa shape index (κ3) is 3.22. The van der Waals surface area contributed by atoms with Crippen LogP contribution in [0.3, 0.4) is 0 Å². The molecule has 1 heterocycles. The zero-order chi connectivity index (χ0) is 15.6. The normalized spacial score (nSPS) is 12.7. The Morgan fingerprint density at radius 1 is 1.33 bits per heavy atom. The highest BCUT2D eigenvalue weighted by Crippen LogP contribution is 2.31. The van der Waals surface area contributed by atoms with Gasteiger partial charge in [0, 0.05) is 25.2 Å². The summed E-state index contributed by atoms with van der Waals surface area (Å²) in [6.07, 6.45) is 0. The fraction of sp³-hybridized carbons (Fsp3) is 0.438. The Bertz CT molecular complexity index is 622. The molecule has 0 bridgehead atoms. The zero-order valence-corrected chi connectivity index (χ0v) is 13.7. The minimum absolute atomic E-state index is 0.0680. The van der Waals surface area contributed by atoms with Gasteiger partial charge in [-0.25, -0.2) is 0 Å². The van der Waals surface area contributed by atoms with Crippen LogP contribution in [0.2, 0.25) is 5.02 Å². The van der Waals surface area contributed by atoms with Crippen LogP contribution in [0.25, 0.3) is 0 Å². The molecule has 2 N–H and O–H groups in total. The monoisotopic (exact) mass is 307 g/mol. The van der Waals surface area contributed by atoms with Crippen LogP contribution in [-0.4, -0.2) is 23.4 Å². The molecule has 0 radical (unpaired) electrons. The predicted octanol–water partition coefficient (Wildman–Crippen LogP) is 3.30. The second-order valence-corrected chi connectivity index (χ2v) is 5.86. The van der Waals surface area contributed by atoms with Gasteiger partial charge in [0.15, 0.2) is 0 Å². The van der Waals surface area contributed by atoms with Crippen molar-refractivity contribution in [3.8, 4) is 5.75 Å². The number of aromatic nitrogens is 2. The maximum atomic E-state index is 6.23. The van der Waals surface area contributed by atoms with Crippen molar-refractivity contribution in [2.75, 3.05) is 13.7 Å². The average Bonchev–Trinajstić information content (AvgIpc) is 2.82. The zero-order valence-electron chi connectivity index (χ0n) is 12.9. The van der Waals surface area contributed by atoms with Gasteiger partial charge in [0.2, 0.25) is 0 Å². The molecule has 1 aromatic heterocycles. The van der Waals surface area contributed by atoms with Gasteiger partial charge < -0.3 is 10.5 Å². The number of nitrogens with two attached hydrogens (primary N) is 1. The molecule has 0 aliphatic heterocycles. The summed E-state index contributed by atoms with van der Waals surface area (Å²) in [7, 11) is 3.56. The Hall–Kier alpha value is -1.52. The van der Waals surface area contributed by atoms with Crippen LogP contribution in [0, 0.1) is 0 Å². The van der Waals surface area contributed by atoms with E-state index in [0.717, 1.165) is 17.0 Å². The Morgan fingerprint density at radius 2 is 2.05 bits per heavy atom. The molecule has 114 valence electrons. The fourth-order valence-corrected chi connectivity index (χ4v) is 2.71. The molecule has 21 heavy (non-hydrogen) atoms. The molecule has 0 amide bonds. The van der Waals surface area contributed by atoms with E-state index in [9.17, 15) is 0 Å². The van der Waals surface area contributed by atoms with Gasteiger partial charge in [0.1, 0.15) is 5.75 Å². The number of ether oxygens (including phenoxy) is 1. The number of methoxy groups -OCH3 is 1. The molecule has 0 aliphatic rings. The summed E-state index contributed by atoms with van der Waals surface area (Å²) >= 11 is 6.23. The highest BCUT2D eigenvalue weighted by molar-refractivity contribution is 6.32. The molecule has 0 spiro atoms. The highest BCUT2D eigenvalue weighted by Gasteiger charge is 2.19. The Balaban J connectivity index is 2.42. The Morgan fingerprint density at radius 3 is 2.52 bits per heavy atom. The summed E-state index contributed by atoms with van der Waals surface area (Å²) in [5.74, 6) is 1.13. The van der Waals surface area contributed by atoms with Crippen molar-refractivity contribution in [2.24, 2.45) is 12.8 Å². The lowest BCUT2D eigenvalue weighted by molar-refractivity contribution is 0.415. The quantitative estimate of drug-likeness (QED) is 0.922. The van der Waals surface area contributed by atoms with Gasteiger partial charge in [0.25, 0.3) is 0 Å². The lowest BCUT2D eigenvalue weighted by Gasteiger charge is -2.16. The molecule has 0 saturated heterocycles. The predicted molar refractivity (Wildman–Crippen MR) is 86.2 cm³/mol. The van der Waals surface area contributed by atoms with Crippen molar-refractivity contribution in [3.05, 3.63) is 46.2 Å². The first-order valence-corrected chi connectivity index (χ1v) is 7.43. The number of hydrogen-bond donors (Lipinski definition) is 1. The molecule has 1 aromatic carbocycles. The molecule has 4 nitrogen and oxygen atoms in total. The second kappa shape index (κ2) is 6.50. The largest absolute Gasteiger partial charge is 0.495 e. The summed E-state index contributed by atoms with van der Waals surface area (Å²) in [4.78, 5) is 0. The van der Waals surface area contributed by atoms with Crippen molar-refractivity contribution in [1.29, 1.82) is 0 Å². The second-order valence-electron chi connectivity index (χ2n) is 5.45. The molecule has 0 aliphatic carbocycles. The topological polar surface area (TPSA) is 53.1 Å². The molecular formula is C16H22ClN3O. The van der Waals surface area contributed by atoms with Gasteiger partial charge in [-0.15, -0.1) is 0 Å². The van der Waals surface area contributed by atoms with E-state index < -0.39 is 0 Å². The van der Waals surface area contributed by atoms with Crippen LogP contribution in [0.15, 0.2) is 24.3 Å². The Kier molecular flexibility index (Phi) is 4.91. The first kappa shape index (κ1) is 15.9. The van der Waals surface area contributed by atoms with E-state index >= 15 is 0 Å². The van der Waals surface area contributed by atoms with E-state index in [1.807, 2.05) is 29.9 Å². The summed E-state index contributed by atoms with van der Waals surface area (Å²) in [5.41, 5.74) is 9.24. The van der Waals surface area contributed by atoms with Crippen molar-refractivity contribution in [2.45, 2.75) is 25.7 Å². The maximum Gasteiger partial charge on any atom is 0.137 e. The Labute approximate surface area is 130 Å². The van der Waals surface area contributed by atoms with Gasteiger partial charge >= 0.3 is 0 Å². The minimum atomic E-state index is 0.0680. The first-order valence-electron chi connectivity index (χ1n) is 7.05. The number of halogens is 1. The first-order chi connectivity index (χ1) is 9.97. The molecule has 2 aromatic rings.